The Morgan fingerprint density at radius 1 is 1.24 bits per heavy atom. The minimum atomic E-state index is -0.258. The number of amides is 3. The molecule has 1 aromatic rings. The molecule has 1 unspecified atom stereocenters. The van der Waals surface area contributed by atoms with Crippen LogP contribution in [0.3, 0.4) is 0 Å². The number of carbonyl (C=O) groups is 3. The molecule has 1 N–H and O–H groups in total. The predicted molar refractivity (Wildman–Crippen MR) is 110 cm³/mol. The molecule has 2 fully saturated rings. The lowest BCUT2D eigenvalue weighted by Gasteiger charge is -2.34. The molecule has 0 spiro atoms. The van der Waals surface area contributed by atoms with Crippen molar-refractivity contribution < 1.29 is 19.1 Å². The number of rotatable bonds is 5. The second kappa shape index (κ2) is 9.03. The smallest absolute Gasteiger partial charge is 0.255 e. The summed E-state index contributed by atoms with van der Waals surface area (Å²) in [6.07, 6.45) is 1.64. The number of nitrogens with one attached hydrogen (secondary N) is 1. The van der Waals surface area contributed by atoms with Gasteiger partial charge < -0.3 is 19.9 Å². The molecule has 0 radical (unpaired) electrons. The molecule has 0 aromatic heterocycles. The first-order valence-corrected chi connectivity index (χ1v) is 10.4. The van der Waals surface area contributed by atoms with Crippen LogP contribution in [0.25, 0.3) is 0 Å². The van der Waals surface area contributed by atoms with Crippen molar-refractivity contribution in [1.82, 2.24) is 15.1 Å². The van der Waals surface area contributed by atoms with Gasteiger partial charge >= 0.3 is 0 Å². The molecule has 3 rings (SSSR count). The Labute approximate surface area is 176 Å². The minimum Gasteiger partial charge on any atom is -0.496 e. The van der Waals surface area contributed by atoms with Crippen LogP contribution < -0.4 is 10.1 Å². The highest BCUT2D eigenvalue weighted by Crippen LogP contribution is 2.25. The topological polar surface area (TPSA) is 79.0 Å². The molecular formula is C21H28ClN3O4. The van der Waals surface area contributed by atoms with E-state index in [0.717, 1.165) is 0 Å². The van der Waals surface area contributed by atoms with Crippen molar-refractivity contribution in [2.75, 3.05) is 26.7 Å². The third-order valence-corrected chi connectivity index (χ3v) is 5.91. The number of benzene rings is 1. The fourth-order valence-electron chi connectivity index (χ4n) is 4.02. The Kier molecular flexibility index (Phi) is 6.67. The number of nitrogens with zero attached hydrogens (tertiary/aromatic N) is 2. The average Bonchev–Trinajstić information content (AvgIpc) is 3.10. The van der Waals surface area contributed by atoms with E-state index in [1.165, 1.54) is 7.11 Å². The van der Waals surface area contributed by atoms with Gasteiger partial charge in [-0.1, -0.05) is 11.6 Å². The third-order valence-electron chi connectivity index (χ3n) is 5.68. The Morgan fingerprint density at radius 2 is 1.93 bits per heavy atom. The summed E-state index contributed by atoms with van der Waals surface area (Å²) < 4.78 is 5.25. The van der Waals surface area contributed by atoms with Crippen molar-refractivity contribution in [3.8, 4) is 5.75 Å². The molecule has 1 aromatic carbocycles. The van der Waals surface area contributed by atoms with Crippen LogP contribution in [0.5, 0.6) is 5.75 Å². The largest absolute Gasteiger partial charge is 0.496 e. The quantitative estimate of drug-likeness (QED) is 0.791. The lowest BCUT2D eigenvalue weighted by atomic mass is 10.0. The number of ether oxygens (including phenoxy) is 1. The van der Waals surface area contributed by atoms with E-state index >= 15 is 0 Å². The van der Waals surface area contributed by atoms with Gasteiger partial charge in [-0.3, -0.25) is 14.4 Å². The summed E-state index contributed by atoms with van der Waals surface area (Å²) >= 11 is 6.01. The van der Waals surface area contributed by atoms with Gasteiger partial charge in [0.05, 0.1) is 18.6 Å². The Balaban J connectivity index is 1.53. The molecule has 8 heteroatoms. The van der Waals surface area contributed by atoms with Gasteiger partial charge in [0.25, 0.3) is 5.91 Å². The number of hydrogen-bond donors (Lipinski definition) is 1. The number of carbonyl (C=O) groups excluding carboxylic acids is 3. The van der Waals surface area contributed by atoms with Gasteiger partial charge in [-0.15, -0.1) is 0 Å². The van der Waals surface area contributed by atoms with Crippen molar-refractivity contribution in [3.63, 3.8) is 0 Å². The van der Waals surface area contributed by atoms with E-state index in [0.29, 0.717) is 55.2 Å². The van der Waals surface area contributed by atoms with E-state index in [-0.39, 0.29) is 35.7 Å². The highest BCUT2D eigenvalue weighted by molar-refractivity contribution is 6.31. The van der Waals surface area contributed by atoms with Crippen LogP contribution in [0.4, 0.5) is 0 Å². The van der Waals surface area contributed by atoms with E-state index in [1.54, 1.807) is 23.1 Å². The van der Waals surface area contributed by atoms with Crippen molar-refractivity contribution in [3.05, 3.63) is 28.8 Å². The van der Waals surface area contributed by atoms with Crippen molar-refractivity contribution >= 4 is 29.3 Å². The molecule has 158 valence electrons. The highest BCUT2D eigenvalue weighted by Gasteiger charge is 2.38. The standard InChI is InChI=1S/C21H28ClN3O4/c1-13(2)25-12-14(10-19(25)26)21(28)24-8-6-16(7-9-24)23-20(27)17-11-15(22)4-5-18(17)29-3/h4-5,11,13-14,16H,6-10,12H2,1-3H3,(H,23,27). The Morgan fingerprint density at radius 3 is 2.52 bits per heavy atom. The molecular weight excluding hydrogens is 394 g/mol. The molecule has 2 aliphatic rings. The lowest BCUT2D eigenvalue weighted by molar-refractivity contribution is -0.136. The first-order chi connectivity index (χ1) is 13.8. The fourth-order valence-corrected chi connectivity index (χ4v) is 4.19. The summed E-state index contributed by atoms with van der Waals surface area (Å²) in [4.78, 5) is 41.1. The Bertz CT molecular complexity index is 790. The molecule has 2 heterocycles. The van der Waals surface area contributed by atoms with E-state index in [9.17, 15) is 14.4 Å². The summed E-state index contributed by atoms with van der Waals surface area (Å²) in [7, 11) is 1.51. The maximum atomic E-state index is 12.8. The molecule has 3 amide bonds. The van der Waals surface area contributed by atoms with Gasteiger partial charge in [0.15, 0.2) is 0 Å². The molecule has 1 atom stereocenters. The van der Waals surface area contributed by atoms with Gasteiger partial charge in [0.2, 0.25) is 11.8 Å². The summed E-state index contributed by atoms with van der Waals surface area (Å²) in [5.41, 5.74) is 0.400. The van der Waals surface area contributed by atoms with Crippen molar-refractivity contribution in [1.29, 1.82) is 0 Å². The molecule has 2 aliphatic heterocycles. The van der Waals surface area contributed by atoms with Gasteiger partial charge in [-0.05, 0) is 44.9 Å². The van der Waals surface area contributed by atoms with Crippen LogP contribution in [-0.4, -0.2) is 66.3 Å². The highest BCUT2D eigenvalue weighted by atomic mass is 35.5. The zero-order chi connectivity index (χ0) is 21.1. The summed E-state index contributed by atoms with van der Waals surface area (Å²) in [5, 5.41) is 3.49. The van der Waals surface area contributed by atoms with Crippen molar-refractivity contribution in [2.45, 2.75) is 45.2 Å². The van der Waals surface area contributed by atoms with Crippen LogP contribution in [0.2, 0.25) is 5.02 Å². The predicted octanol–water partition coefficient (Wildman–Crippen LogP) is 2.33. The minimum absolute atomic E-state index is 0.0207. The van der Waals surface area contributed by atoms with Gasteiger partial charge in [0, 0.05) is 43.2 Å². The number of hydrogen-bond acceptors (Lipinski definition) is 4. The number of piperidine rings is 1. The maximum Gasteiger partial charge on any atom is 0.255 e. The molecule has 0 bridgehead atoms. The van der Waals surface area contributed by atoms with E-state index in [2.05, 4.69) is 5.32 Å². The molecule has 7 nitrogen and oxygen atoms in total. The fraction of sp³-hybridized carbons (Fsp3) is 0.571. The van der Waals surface area contributed by atoms with Gasteiger partial charge in [0.1, 0.15) is 5.75 Å². The van der Waals surface area contributed by atoms with E-state index < -0.39 is 0 Å². The maximum absolute atomic E-state index is 12.8. The zero-order valence-corrected chi connectivity index (χ0v) is 17.9. The van der Waals surface area contributed by atoms with Gasteiger partial charge in [-0.2, -0.15) is 0 Å². The number of methoxy groups -OCH3 is 1. The normalized spacial score (nSPS) is 20.3. The first-order valence-electron chi connectivity index (χ1n) is 10.0. The van der Waals surface area contributed by atoms with Crippen LogP contribution in [0.15, 0.2) is 18.2 Å². The molecule has 29 heavy (non-hydrogen) atoms. The third kappa shape index (κ3) is 4.83. The zero-order valence-electron chi connectivity index (χ0n) is 17.1. The average molecular weight is 422 g/mol. The number of likely N-dealkylation sites (tertiary alicyclic amines) is 2. The van der Waals surface area contributed by atoms with E-state index in [4.69, 9.17) is 16.3 Å². The monoisotopic (exact) mass is 421 g/mol. The number of halogens is 1. The van der Waals surface area contributed by atoms with Crippen LogP contribution in [0, 0.1) is 5.92 Å². The second-order valence-electron chi connectivity index (χ2n) is 7.96. The summed E-state index contributed by atoms with van der Waals surface area (Å²) in [6.45, 7) is 5.58. The van der Waals surface area contributed by atoms with Gasteiger partial charge in [-0.25, -0.2) is 0 Å². The van der Waals surface area contributed by atoms with Crippen LogP contribution >= 0.6 is 11.6 Å². The molecule has 0 saturated carbocycles. The van der Waals surface area contributed by atoms with Crippen LogP contribution in [0.1, 0.15) is 43.5 Å². The van der Waals surface area contributed by atoms with Crippen LogP contribution in [-0.2, 0) is 9.59 Å². The van der Waals surface area contributed by atoms with E-state index in [1.807, 2.05) is 18.7 Å². The Hall–Kier alpha value is -2.28. The molecule has 2 saturated heterocycles. The second-order valence-corrected chi connectivity index (χ2v) is 8.39. The summed E-state index contributed by atoms with van der Waals surface area (Å²) in [6, 6.07) is 5.03. The lowest BCUT2D eigenvalue weighted by Crippen LogP contribution is -2.48. The first kappa shape index (κ1) is 21.4. The SMILES string of the molecule is COc1ccc(Cl)cc1C(=O)NC1CCN(C(=O)C2CC(=O)N(C(C)C)C2)CC1. The molecule has 0 aliphatic carbocycles. The summed E-state index contributed by atoms with van der Waals surface area (Å²) in [5.74, 6) is 0.0775. The van der Waals surface area contributed by atoms with Crippen molar-refractivity contribution in [2.24, 2.45) is 5.92 Å².